The molecule has 124 valence electrons. The lowest BCUT2D eigenvalue weighted by atomic mass is 10.2. The molecule has 7 nitrogen and oxygen atoms in total. The second kappa shape index (κ2) is 5.93. The predicted molar refractivity (Wildman–Crippen MR) is 82.2 cm³/mol. The van der Waals surface area contributed by atoms with Crippen LogP contribution in [0.5, 0.6) is 0 Å². The fraction of sp³-hybridized carbons (Fsp3) is 0.467. The highest BCUT2D eigenvalue weighted by Crippen LogP contribution is 2.39. The lowest BCUT2D eigenvalue weighted by Crippen LogP contribution is -2.25. The summed E-state index contributed by atoms with van der Waals surface area (Å²) in [4.78, 5) is 22.7. The molecular formula is C15H18N2O5S. The molecule has 0 radical (unpaired) electrons. The minimum atomic E-state index is -3.52. The molecule has 0 heterocycles. The molecule has 0 spiro atoms. The van der Waals surface area contributed by atoms with Crippen LogP contribution < -0.4 is 10.0 Å². The molecule has 2 aliphatic rings. The van der Waals surface area contributed by atoms with Crippen molar-refractivity contribution in [3.8, 4) is 0 Å². The Kier molecular flexibility index (Phi) is 4.11. The number of nitrogens with one attached hydrogen (secondary N) is 2. The third-order valence-corrected chi connectivity index (χ3v) is 5.57. The van der Waals surface area contributed by atoms with Gasteiger partial charge in [-0.05, 0) is 49.4 Å². The number of carboxylic acids is 1. The summed E-state index contributed by atoms with van der Waals surface area (Å²) in [5.74, 6) is -1.98. The summed E-state index contributed by atoms with van der Waals surface area (Å²) in [5, 5.41) is 11.4. The van der Waals surface area contributed by atoms with E-state index in [1.807, 2.05) is 0 Å². The minimum Gasteiger partial charge on any atom is -0.481 e. The lowest BCUT2D eigenvalue weighted by Gasteiger charge is -2.08. The number of rotatable bonds is 7. The summed E-state index contributed by atoms with van der Waals surface area (Å²) in [6.45, 7) is 0.457. The number of carbonyl (C=O) groups excluding carboxylic acids is 1. The van der Waals surface area contributed by atoms with Gasteiger partial charge in [-0.3, -0.25) is 9.59 Å². The van der Waals surface area contributed by atoms with Gasteiger partial charge in [-0.1, -0.05) is 0 Å². The maximum Gasteiger partial charge on any atom is 0.307 e. The number of carbonyl (C=O) groups is 2. The fourth-order valence-electron chi connectivity index (χ4n) is 2.34. The largest absolute Gasteiger partial charge is 0.481 e. The molecule has 2 atom stereocenters. The van der Waals surface area contributed by atoms with E-state index in [2.05, 4.69) is 10.0 Å². The first-order chi connectivity index (χ1) is 10.9. The van der Waals surface area contributed by atoms with Crippen LogP contribution >= 0.6 is 0 Å². The summed E-state index contributed by atoms with van der Waals surface area (Å²) in [6, 6.07) is 5.85. The Hall–Kier alpha value is -1.93. The van der Waals surface area contributed by atoms with Crippen molar-refractivity contribution in [1.82, 2.24) is 4.72 Å². The van der Waals surface area contributed by atoms with Crippen molar-refractivity contribution in [1.29, 1.82) is 0 Å². The number of anilines is 1. The zero-order valence-electron chi connectivity index (χ0n) is 12.4. The number of benzene rings is 1. The van der Waals surface area contributed by atoms with E-state index in [0.717, 1.165) is 12.8 Å². The summed E-state index contributed by atoms with van der Waals surface area (Å²) < 4.78 is 26.7. The molecule has 8 heteroatoms. The van der Waals surface area contributed by atoms with Gasteiger partial charge in [-0.25, -0.2) is 13.1 Å². The zero-order chi connectivity index (χ0) is 16.6. The van der Waals surface area contributed by atoms with Crippen molar-refractivity contribution in [2.45, 2.75) is 24.2 Å². The van der Waals surface area contributed by atoms with E-state index in [9.17, 15) is 18.0 Å². The monoisotopic (exact) mass is 338 g/mol. The molecule has 3 N–H and O–H groups in total. The smallest absolute Gasteiger partial charge is 0.307 e. The number of amides is 1. The molecule has 0 saturated heterocycles. The van der Waals surface area contributed by atoms with Gasteiger partial charge in [-0.2, -0.15) is 0 Å². The third-order valence-electron chi connectivity index (χ3n) is 4.14. The van der Waals surface area contributed by atoms with Gasteiger partial charge in [0.25, 0.3) is 0 Å². The van der Waals surface area contributed by atoms with Crippen molar-refractivity contribution in [3.05, 3.63) is 24.3 Å². The minimum absolute atomic E-state index is 0.144. The Balaban J connectivity index is 1.58. The van der Waals surface area contributed by atoms with E-state index in [1.54, 1.807) is 0 Å². The van der Waals surface area contributed by atoms with E-state index in [4.69, 9.17) is 5.11 Å². The van der Waals surface area contributed by atoms with Crippen LogP contribution in [0.15, 0.2) is 29.2 Å². The van der Waals surface area contributed by atoms with E-state index in [1.165, 1.54) is 24.3 Å². The number of carboxylic acid groups (broad SMARTS) is 1. The first kappa shape index (κ1) is 15.9. The zero-order valence-corrected chi connectivity index (χ0v) is 13.2. The molecular weight excluding hydrogens is 320 g/mol. The molecule has 3 rings (SSSR count). The Morgan fingerprint density at radius 1 is 1.13 bits per heavy atom. The summed E-state index contributed by atoms with van der Waals surface area (Å²) in [6.07, 6.45) is 2.47. The van der Waals surface area contributed by atoms with Crippen LogP contribution in [0, 0.1) is 17.8 Å². The van der Waals surface area contributed by atoms with Gasteiger partial charge in [0.2, 0.25) is 15.9 Å². The number of hydrogen-bond acceptors (Lipinski definition) is 4. The van der Waals surface area contributed by atoms with E-state index < -0.39 is 27.8 Å². The molecule has 2 aliphatic carbocycles. The van der Waals surface area contributed by atoms with Crippen molar-refractivity contribution < 1.29 is 23.1 Å². The van der Waals surface area contributed by atoms with Gasteiger partial charge < -0.3 is 10.4 Å². The first-order valence-corrected chi connectivity index (χ1v) is 8.98. The maximum absolute atomic E-state index is 12.1. The van der Waals surface area contributed by atoms with Crippen LogP contribution in [0.1, 0.15) is 19.3 Å². The molecule has 0 unspecified atom stereocenters. The summed E-state index contributed by atoms with van der Waals surface area (Å²) >= 11 is 0. The molecule has 1 aromatic carbocycles. The van der Waals surface area contributed by atoms with Crippen LogP contribution in [-0.2, 0) is 19.6 Å². The second-order valence-corrected chi connectivity index (χ2v) is 7.86. The van der Waals surface area contributed by atoms with Crippen LogP contribution in [0.3, 0.4) is 0 Å². The Bertz CT molecular complexity index is 725. The van der Waals surface area contributed by atoms with Crippen molar-refractivity contribution in [3.63, 3.8) is 0 Å². The van der Waals surface area contributed by atoms with Crippen LogP contribution in [-0.4, -0.2) is 31.9 Å². The van der Waals surface area contributed by atoms with E-state index in [-0.39, 0.29) is 10.8 Å². The molecule has 2 saturated carbocycles. The highest BCUT2D eigenvalue weighted by Gasteiger charge is 2.48. The third kappa shape index (κ3) is 3.89. The standard InChI is InChI=1S/C15H18N2O5S/c18-14(12-7-13(12)15(19)20)17-10-3-5-11(6-4-10)23(21,22)16-8-9-1-2-9/h3-6,9,12-13,16H,1-2,7-8H2,(H,17,18)(H,19,20)/t12-,13+/m0/s1. The van der Waals surface area contributed by atoms with E-state index >= 15 is 0 Å². The van der Waals surface area contributed by atoms with Gasteiger partial charge in [-0.15, -0.1) is 0 Å². The Morgan fingerprint density at radius 2 is 1.78 bits per heavy atom. The summed E-state index contributed by atoms with van der Waals surface area (Å²) in [5.41, 5.74) is 0.451. The van der Waals surface area contributed by atoms with Crippen molar-refractivity contribution in [2.75, 3.05) is 11.9 Å². The Labute approximate surface area is 134 Å². The summed E-state index contributed by atoms with van der Waals surface area (Å²) in [7, 11) is -3.52. The van der Waals surface area contributed by atoms with Gasteiger partial charge in [0, 0.05) is 12.2 Å². The van der Waals surface area contributed by atoms with Crippen LogP contribution in [0.2, 0.25) is 0 Å². The molecule has 0 aliphatic heterocycles. The van der Waals surface area contributed by atoms with Gasteiger partial charge in [0.1, 0.15) is 0 Å². The van der Waals surface area contributed by atoms with Crippen LogP contribution in [0.4, 0.5) is 5.69 Å². The normalized spacial score (nSPS) is 23.3. The number of hydrogen-bond donors (Lipinski definition) is 3. The maximum atomic E-state index is 12.1. The fourth-order valence-corrected chi connectivity index (χ4v) is 3.46. The first-order valence-electron chi connectivity index (χ1n) is 7.50. The molecule has 0 bridgehead atoms. The molecule has 1 aromatic rings. The van der Waals surface area contributed by atoms with Gasteiger partial charge in [0.05, 0.1) is 16.7 Å². The molecule has 1 amide bonds. The highest BCUT2D eigenvalue weighted by atomic mass is 32.2. The topological polar surface area (TPSA) is 113 Å². The number of aliphatic carboxylic acids is 1. The van der Waals surface area contributed by atoms with Crippen molar-refractivity contribution >= 4 is 27.6 Å². The molecule has 0 aromatic heterocycles. The van der Waals surface area contributed by atoms with Gasteiger partial charge >= 0.3 is 5.97 Å². The molecule has 2 fully saturated rings. The van der Waals surface area contributed by atoms with Crippen LogP contribution in [0.25, 0.3) is 0 Å². The van der Waals surface area contributed by atoms with Gasteiger partial charge in [0.15, 0.2) is 0 Å². The second-order valence-electron chi connectivity index (χ2n) is 6.10. The average molecular weight is 338 g/mol. The highest BCUT2D eigenvalue weighted by molar-refractivity contribution is 7.89. The average Bonchev–Trinajstić information content (AvgIpc) is 3.38. The number of sulfonamides is 1. The quantitative estimate of drug-likeness (QED) is 0.687. The van der Waals surface area contributed by atoms with E-state index in [0.29, 0.717) is 24.6 Å². The molecule has 23 heavy (non-hydrogen) atoms. The van der Waals surface area contributed by atoms with Crippen molar-refractivity contribution in [2.24, 2.45) is 17.8 Å². The predicted octanol–water partition coefficient (Wildman–Crippen LogP) is 1.03. The SMILES string of the molecule is O=C(Nc1ccc(S(=O)(=O)NCC2CC2)cc1)[C@H]1C[C@H]1C(=O)O. The lowest BCUT2D eigenvalue weighted by molar-refractivity contribution is -0.139. The Morgan fingerprint density at radius 3 is 2.30 bits per heavy atom.